The van der Waals surface area contributed by atoms with Gasteiger partial charge in [0.15, 0.2) is 6.10 Å². The second kappa shape index (κ2) is 8.23. The molecule has 0 spiro atoms. The van der Waals surface area contributed by atoms with E-state index in [1.165, 1.54) is 0 Å². The zero-order valence-corrected chi connectivity index (χ0v) is 15.8. The minimum absolute atomic E-state index is 0.140. The number of quaternary nitrogens is 1. The highest BCUT2D eigenvalue weighted by atomic mass is 16.5. The summed E-state index contributed by atoms with van der Waals surface area (Å²) in [6.45, 7) is 7.98. The minimum atomic E-state index is -0.568. The fourth-order valence-electron chi connectivity index (χ4n) is 3.17. The topological polar surface area (TPSA) is 46.0 Å². The van der Waals surface area contributed by atoms with Gasteiger partial charge in [-0.15, -0.1) is 0 Å². The molecule has 0 bridgehead atoms. The number of amides is 1. The number of hydrogen-bond acceptors (Lipinski definition) is 3. The lowest BCUT2D eigenvalue weighted by molar-refractivity contribution is -0.880. The van der Waals surface area contributed by atoms with Crippen LogP contribution in [0.15, 0.2) is 48.5 Å². The fourth-order valence-corrected chi connectivity index (χ4v) is 3.17. The number of piperazine rings is 1. The molecule has 1 saturated heterocycles. The zero-order valence-electron chi connectivity index (χ0n) is 15.8. The Morgan fingerprint density at radius 2 is 1.88 bits per heavy atom. The third-order valence-corrected chi connectivity index (χ3v) is 4.79. The summed E-state index contributed by atoms with van der Waals surface area (Å²) < 4.78 is 5.80. The average Bonchev–Trinajstić information content (AvgIpc) is 2.63. The second-order valence-corrected chi connectivity index (χ2v) is 7.03. The van der Waals surface area contributed by atoms with Crippen LogP contribution in [0, 0.1) is 6.92 Å². The van der Waals surface area contributed by atoms with Gasteiger partial charge in [0, 0.05) is 0 Å². The molecule has 0 aliphatic carbocycles. The largest absolute Gasteiger partial charge is 0.481 e. The number of carbonyl (C=O) groups is 1. The number of nitrogens with one attached hydrogen (secondary N) is 2. The van der Waals surface area contributed by atoms with Crippen LogP contribution in [0.25, 0.3) is 0 Å². The number of likely N-dealkylation sites (N-methyl/N-ethyl adjacent to an activating group) is 1. The molecule has 2 aromatic carbocycles. The van der Waals surface area contributed by atoms with Crippen molar-refractivity contribution in [1.82, 2.24) is 0 Å². The molecule has 1 atom stereocenters. The molecule has 2 aromatic rings. The average molecular weight is 354 g/mol. The predicted molar refractivity (Wildman–Crippen MR) is 105 cm³/mol. The summed E-state index contributed by atoms with van der Waals surface area (Å²) in [5.41, 5.74) is 3.03. The van der Waals surface area contributed by atoms with Crippen molar-refractivity contribution in [2.45, 2.75) is 20.0 Å². The number of rotatable bonds is 5. The number of benzene rings is 2. The van der Waals surface area contributed by atoms with E-state index in [1.54, 1.807) is 11.8 Å². The smallest absolute Gasteiger partial charge is 0.265 e. The lowest BCUT2D eigenvalue weighted by Gasteiger charge is -2.33. The number of hydrogen-bond donors (Lipinski definition) is 2. The molecule has 5 heteroatoms. The van der Waals surface area contributed by atoms with Gasteiger partial charge in [-0.2, -0.15) is 0 Å². The summed E-state index contributed by atoms with van der Waals surface area (Å²) >= 11 is 0. The van der Waals surface area contributed by atoms with Crippen LogP contribution in [0.3, 0.4) is 0 Å². The maximum atomic E-state index is 12.6. The van der Waals surface area contributed by atoms with E-state index in [1.807, 2.05) is 49.4 Å². The summed E-state index contributed by atoms with van der Waals surface area (Å²) in [6.07, 6.45) is -0.568. The van der Waals surface area contributed by atoms with Gasteiger partial charge in [-0.1, -0.05) is 24.3 Å². The highest BCUT2D eigenvalue weighted by Crippen LogP contribution is 2.26. The highest BCUT2D eigenvalue weighted by Gasteiger charge is 2.21. The monoisotopic (exact) mass is 354 g/mol. The predicted octanol–water partition coefficient (Wildman–Crippen LogP) is 1.74. The number of ether oxygens (including phenoxy) is 1. The first kappa shape index (κ1) is 18.3. The molecule has 2 N–H and O–H groups in total. The van der Waals surface area contributed by atoms with Gasteiger partial charge in [0.2, 0.25) is 0 Å². The van der Waals surface area contributed by atoms with Gasteiger partial charge >= 0.3 is 0 Å². The van der Waals surface area contributed by atoms with Crippen molar-refractivity contribution in [3.8, 4) is 5.75 Å². The first-order chi connectivity index (χ1) is 12.5. The van der Waals surface area contributed by atoms with Crippen molar-refractivity contribution in [3.05, 3.63) is 54.1 Å². The molecular weight excluding hydrogens is 326 g/mol. The van der Waals surface area contributed by atoms with Crippen molar-refractivity contribution in [2.24, 2.45) is 0 Å². The Labute approximate surface area is 155 Å². The molecule has 26 heavy (non-hydrogen) atoms. The quantitative estimate of drug-likeness (QED) is 0.860. The van der Waals surface area contributed by atoms with Crippen LogP contribution in [0.2, 0.25) is 0 Å². The summed E-state index contributed by atoms with van der Waals surface area (Å²) in [6, 6.07) is 15.7. The van der Waals surface area contributed by atoms with Crippen LogP contribution in [0.5, 0.6) is 5.75 Å². The van der Waals surface area contributed by atoms with Crippen LogP contribution >= 0.6 is 0 Å². The van der Waals surface area contributed by atoms with Crippen molar-refractivity contribution in [1.29, 1.82) is 0 Å². The fraction of sp³-hybridized carbons (Fsp3) is 0.381. The number of para-hydroxylation sites is 2. The molecule has 1 aliphatic rings. The molecule has 138 valence electrons. The van der Waals surface area contributed by atoms with Gasteiger partial charge in [-0.3, -0.25) is 4.79 Å². The maximum absolute atomic E-state index is 12.6. The summed E-state index contributed by atoms with van der Waals surface area (Å²) in [4.78, 5) is 16.5. The van der Waals surface area contributed by atoms with Gasteiger partial charge in [-0.05, 0) is 43.7 Å². The van der Waals surface area contributed by atoms with Gasteiger partial charge in [0.25, 0.3) is 5.91 Å². The van der Waals surface area contributed by atoms with E-state index in [0.717, 1.165) is 43.1 Å². The zero-order chi connectivity index (χ0) is 18.5. The van der Waals surface area contributed by atoms with E-state index in [0.29, 0.717) is 5.75 Å². The number of carbonyl (C=O) groups excluding carboxylic acids is 1. The maximum Gasteiger partial charge on any atom is 0.265 e. The minimum Gasteiger partial charge on any atom is -0.481 e. The Kier molecular flexibility index (Phi) is 5.78. The Morgan fingerprint density at radius 1 is 1.15 bits per heavy atom. The van der Waals surface area contributed by atoms with Gasteiger partial charge in [0.05, 0.1) is 44.6 Å². The molecule has 0 saturated carbocycles. The Balaban J connectivity index is 1.67. The van der Waals surface area contributed by atoms with E-state index >= 15 is 0 Å². The van der Waals surface area contributed by atoms with E-state index in [-0.39, 0.29) is 5.91 Å². The van der Waals surface area contributed by atoms with Gasteiger partial charge in [0.1, 0.15) is 5.75 Å². The van der Waals surface area contributed by atoms with Crippen molar-refractivity contribution < 1.29 is 14.4 Å². The SMILES string of the molecule is Cc1cccc(O[C@H](C)C(=O)Nc2ccccc2N2CC[NH+](C)CC2)c1. The van der Waals surface area contributed by atoms with E-state index < -0.39 is 6.10 Å². The van der Waals surface area contributed by atoms with E-state index in [2.05, 4.69) is 23.3 Å². The van der Waals surface area contributed by atoms with E-state index in [9.17, 15) is 4.79 Å². The third-order valence-electron chi connectivity index (χ3n) is 4.79. The van der Waals surface area contributed by atoms with Crippen molar-refractivity contribution in [3.63, 3.8) is 0 Å². The molecule has 3 rings (SSSR count). The first-order valence-corrected chi connectivity index (χ1v) is 9.22. The molecule has 1 fully saturated rings. The Bertz CT molecular complexity index is 754. The molecular formula is C21H28N3O2+. The summed E-state index contributed by atoms with van der Waals surface area (Å²) in [5, 5.41) is 3.04. The third kappa shape index (κ3) is 4.55. The summed E-state index contributed by atoms with van der Waals surface area (Å²) in [5.74, 6) is 0.571. The number of nitrogens with zero attached hydrogens (tertiary/aromatic N) is 1. The van der Waals surface area contributed by atoms with Crippen molar-refractivity contribution >= 4 is 17.3 Å². The lowest BCUT2D eigenvalue weighted by Crippen LogP contribution is -3.12. The standard InChI is InChI=1S/C21H27N3O2/c1-16-7-6-8-18(15-16)26-17(2)21(25)22-19-9-4-5-10-20(19)24-13-11-23(3)12-14-24/h4-10,15,17H,11-14H2,1-3H3,(H,22,25)/p+1/t17-/m1/s1. The first-order valence-electron chi connectivity index (χ1n) is 9.22. The molecule has 0 unspecified atom stereocenters. The van der Waals surface area contributed by atoms with Crippen LogP contribution in [-0.2, 0) is 4.79 Å². The van der Waals surface area contributed by atoms with Crippen LogP contribution < -0.4 is 19.9 Å². The van der Waals surface area contributed by atoms with Crippen molar-refractivity contribution in [2.75, 3.05) is 43.4 Å². The van der Waals surface area contributed by atoms with Gasteiger partial charge in [-0.25, -0.2) is 0 Å². The highest BCUT2D eigenvalue weighted by molar-refractivity contribution is 5.97. The molecule has 1 heterocycles. The van der Waals surface area contributed by atoms with Crippen LogP contribution in [0.1, 0.15) is 12.5 Å². The van der Waals surface area contributed by atoms with Crippen LogP contribution in [-0.4, -0.2) is 45.2 Å². The van der Waals surface area contributed by atoms with E-state index in [4.69, 9.17) is 4.74 Å². The van der Waals surface area contributed by atoms with Gasteiger partial charge < -0.3 is 19.9 Å². The molecule has 0 aromatic heterocycles. The normalized spacial score (nSPS) is 16.2. The molecule has 1 amide bonds. The number of aryl methyl sites for hydroxylation is 1. The summed E-state index contributed by atoms with van der Waals surface area (Å²) in [7, 11) is 2.22. The van der Waals surface area contributed by atoms with Crippen LogP contribution in [0.4, 0.5) is 11.4 Å². The Morgan fingerprint density at radius 3 is 2.62 bits per heavy atom. The molecule has 1 aliphatic heterocycles. The molecule has 5 nitrogen and oxygen atoms in total. The Hall–Kier alpha value is -2.53. The second-order valence-electron chi connectivity index (χ2n) is 7.03. The number of anilines is 2. The molecule has 0 radical (unpaired) electrons. The lowest BCUT2D eigenvalue weighted by atomic mass is 10.2.